The Bertz CT molecular complexity index is 390. The molecule has 6 N–H and O–H groups in total. The molecule has 0 spiro atoms. The van der Waals surface area contributed by atoms with Gasteiger partial charge < -0.3 is 16.6 Å². The second kappa shape index (κ2) is 4.56. The van der Waals surface area contributed by atoms with Crippen LogP contribution in [0.3, 0.4) is 0 Å². The van der Waals surface area contributed by atoms with E-state index in [1.165, 1.54) is 0 Å². The fourth-order valence-corrected chi connectivity index (χ4v) is 1.29. The van der Waals surface area contributed by atoms with E-state index in [4.69, 9.17) is 22.0 Å². The summed E-state index contributed by atoms with van der Waals surface area (Å²) in [7, 11) is 0. The Morgan fingerprint density at radius 3 is 2.60 bits per heavy atom. The molecule has 80 valence electrons. The largest absolute Gasteiger partial charge is 0.480 e. The van der Waals surface area contributed by atoms with Crippen molar-refractivity contribution in [2.75, 3.05) is 0 Å². The predicted octanol–water partition coefficient (Wildman–Crippen LogP) is -0.0749. The number of carbonyl (C=O) groups is 1. The number of nitrogens with one attached hydrogen (secondary N) is 1. The molecule has 1 rings (SSSR count). The molecular formula is C10H13N3O2. The van der Waals surface area contributed by atoms with Crippen LogP contribution in [-0.4, -0.2) is 23.0 Å². The Morgan fingerprint density at radius 2 is 2.07 bits per heavy atom. The molecule has 1 atom stereocenters. The van der Waals surface area contributed by atoms with Gasteiger partial charge in [0, 0.05) is 5.56 Å². The number of carboxylic acids is 1. The fourth-order valence-electron chi connectivity index (χ4n) is 1.29. The van der Waals surface area contributed by atoms with Crippen LogP contribution in [0.4, 0.5) is 0 Å². The lowest BCUT2D eigenvalue weighted by atomic mass is 10.00. The molecule has 5 heteroatoms. The minimum absolute atomic E-state index is 0.0804. The molecule has 0 bridgehead atoms. The van der Waals surface area contributed by atoms with Gasteiger partial charge in [-0.05, 0) is 12.0 Å². The van der Waals surface area contributed by atoms with E-state index >= 15 is 0 Å². The standard InChI is InChI=1S/C10H13N3O2/c11-8(10(14)15)5-6-3-1-2-4-7(6)9(12)13/h1-4,8H,5,11H2,(H3,12,13)(H,14,15)/t8-/m1/s1. The van der Waals surface area contributed by atoms with Gasteiger partial charge in [-0.3, -0.25) is 10.2 Å². The summed E-state index contributed by atoms with van der Waals surface area (Å²) in [4.78, 5) is 10.6. The van der Waals surface area contributed by atoms with Crippen molar-refractivity contribution in [1.29, 1.82) is 5.41 Å². The minimum atomic E-state index is -1.06. The topological polar surface area (TPSA) is 113 Å². The second-order valence-electron chi connectivity index (χ2n) is 3.22. The number of aliphatic carboxylic acids is 1. The first-order chi connectivity index (χ1) is 7.02. The third-order valence-electron chi connectivity index (χ3n) is 2.06. The van der Waals surface area contributed by atoms with E-state index < -0.39 is 12.0 Å². The summed E-state index contributed by atoms with van der Waals surface area (Å²) in [6.07, 6.45) is 0.172. The van der Waals surface area contributed by atoms with Gasteiger partial charge in [-0.1, -0.05) is 24.3 Å². The van der Waals surface area contributed by atoms with Gasteiger partial charge in [-0.25, -0.2) is 0 Å². The van der Waals surface area contributed by atoms with Gasteiger partial charge in [-0.2, -0.15) is 0 Å². The first kappa shape index (κ1) is 11.2. The van der Waals surface area contributed by atoms with Crippen molar-refractivity contribution in [2.45, 2.75) is 12.5 Å². The summed E-state index contributed by atoms with van der Waals surface area (Å²) < 4.78 is 0. The van der Waals surface area contributed by atoms with Crippen molar-refractivity contribution in [1.82, 2.24) is 0 Å². The molecule has 0 saturated heterocycles. The molecule has 0 aliphatic rings. The SMILES string of the molecule is N=C(N)c1ccccc1C[C@@H](N)C(=O)O. The summed E-state index contributed by atoms with van der Waals surface area (Å²) >= 11 is 0. The molecule has 0 radical (unpaired) electrons. The lowest BCUT2D eigenvalue weighted by Crippen LogP contribution is -2.33. The first-order valence-electron chi connectivity index (χ1n) is 4.43. The minimum Gasteiger partial charge on any atom is -0.480 e. The smallest absolute Gasteiger partial charge is 0.320 e. The van der Waals surface area contributed by atoms with Crippen molar-refractivity contribution in [3.8, 4) is 0 Å². The third-order valence-corrected chi connectivity index (χ3v) is 2.06. The average Bonchev–Trinajstić information content (AvgIpc) is 2.18. The van der Waals surface area contributed by atoms with Crippen LogP contribution in [-0.2, 0) is 11.2 Å². The summed E-state index contributed by atoms with van der Waals surface area (Å²) in [5.74, 6) is -1.14. The monoisotopic (exact) mass is 207 g/mol. The van der Waals surface area contributed by atoms with Crippen LogP contribution in [0.2, 0.25) is 0 Å². The molecule has 0 heterocycles. The van der Waals surface area contributed by atoms with Crippen LogP contribution in [0.5, 0.6) is 0 Å². The van der Waals surface area contributed by atoms with E-state index in [9.17, 15) is 4.79 Å². The van der Waals surface area contributed by atoms with Crippen LogP contribution in [0, 0.1) is 5.41 Å². The highest BCUT2D eigenvalue weighted by Gasteiger charge is 2.14. The van der Waals surface area contributed by atoms with Crippen molar-refractivity contribution in [2.24, 2.45) is 11.5 Å². The number of hydrogen-bond donors (Lipinski definition) is 4. The Kier molecular flexibility index (Phi) is 3.41. The van der Waals surface area contributed by atoms with Crippen LogP contribution in [0.25, 0.3) is 0 Å². The number of hydrogen-bond acceptors (Lipinski definition) is 3. The van der Waals surface area contributed by atoms with Crippen LogP contribution >= 0.6 is 0 Å². The molecule has 0 aromatic heterocycles. The number of rotatable bonds is 4. The van der Waals surface area contributed by atoms with E-state index in [0.717, 1.165) is 0 Å². The predicted molar refractivity (Wildman–Crippen MR) is 56.8 cm³/mol. The van der Waals surface area contributed by atoms with Gasteiger partial charge >= 0.3 is 5.97 Å². The number of nitrogens with two attached hydrogens (primary N) is 2. The van der Waals surface area contributed by atoms with Gasteiger partial charge in [0.15, 0.2) is 0 Å². The van der Waals surface area contributed by atoms with Crippen LogP contribution in [0.1, 0.15) is 11.1 Å². The van der Waals surface area contributed by atoms with E-state index in [-0.39, 0.29) is 12.3 Å². The molecule has 0 aliphatic heterocycles. The van der Waals surface area contributed by atoms with E-state index in [0.29, 0.717) is 11.1 Å². The van der Waals surface area contributed by atoms with Gasteiger partial charge in [0.2, 0.25) is 0 Å². The molecule has 0 unspecified atom stereocenters. The Balaban J connectivity index is 2.94. The van der Waals surface area contributed by atoms with Crippen LogP contribution in [0.15, 0.2) is 24.3 Å². The molecule has 5 nitrogen and oxygen atoms in total. The van der Waals surface area contributed by atoms with Crippen LogP contribution < -0.4 is 11.5 Å². The zero-order valence-corrected chi connectivity index (χ0v) is 8.10. The van der Waals surface area contributed by atoms with Gasteiger partial charge in [0.1, 0.15) is 11.9 Å². The second-order valence-corrected chi connectivity index (χ2v) is 3.22. The lowest BCUT2D eigenvalue weighted by molar-refractivity contribution is -0.138. The molecule has 0 amide bonds. The Morgan fingerprint density at radius 1 is 1.47 bits per heavy atom. The zero-order chi connectivity index (χ0) is 11.4. The Labute approximate surface area is 87.2 Å². The average molecular weight is 207 g/mol. The summed E-state index contributed by atoms with van der Waals surface area (Å²) in [6.45, 7) is 0. The first-order valence-corrected chi connectivity index (χ1v) is 4.43. The summed E-state index contributed by atoms with van der Waals surface area (Å²) in [6, 6.07) is 5.93. The van der Waals surface area contributed by atoms with Gasteiger partial charge in [0.05, 0.1) is 0 Å². The maximum Gasteiger partial charge on any atom is 0.320 e. The van der Waals surface area contributed by atoms with Crippen molar-refractivity contribution in [3.05, 3.63) is 35.4 Å². The lowest BCUT2D eigenvalue weighted by Gasteiger charge is -2.10. The van der Waals surface area contributed by atoms with E-state index in [1.54, 1.807) is 24.3 Å². The summed E-state index contributed by atoms with van der Waals surface area (Å²) in [5.41, 5.74) is 12.0. The normalized spacial score (nSPS) is 12.1. The van der Waals surface area contributed by atoms with E-state index in [1.807, 2.05) is 0 Å². The van der Waals surface area contributed by atoms with E-state index in [2.05, 4.69) is 0 Å². The third kappa shape index (κ3) is 2.78. The zero-order valence-electron chi connectivity index (χ0n) is 8.10. The molecule has 15 heavy (non-hydrogen) atoms. The number of carboxylic acid groups (broad SMARTS) is 1. The number of nitrogen functional groups attached to an aromatic ring is 1. The molecule has 1 aromatic rings. The number of benzene rings is 1. The quantitative estimate of drug-likeness (QED) is 0.408. The van der Waals surface area contributed by atoms with Crippen molar-refractivity contribution in [3.63, 3.8) is 0 Å². The highest BCUT2D eigenvalue weighted by Crippen LogP contribution is 2.10. The summed E-state index contributed by atoms with van der Waals surface area (Å²) in [5, 5.41) is 16.0. The molecule has 1 aromatic carbocycles. The number of amidine groups is 1. The fraction of sp³-hybridized carbons (Fsp3) is 0.200. The maximum atomic E-state index is 10.6. The molecule has 0 aliphatic carbocycles. The van der Waals surface area contributed by atoms with Gasteiger partial charge in [0.25, 0.3) is 0 Å². The highest BCUT2D eigenvalue weighted by molar-refractivity contribution is 5.96. The van der Waals surface area contributed by atoms with Crippen molar-refractivity contribution >= 4 is 11.8 Å². The maximum absolute atomic E-state index is 10.6. The van der Waals surface area contributed by atoms with Crippen molar-refractivity contribution < 1.29 is 9.90 Å². The van der Waals surface area contributed by atoms with Gasteiger partial charge in [-0.15, -0.1) is 0 Å². The molecular weight excluding hydrogens is 194 g/mol. The molecule has 0 saturated carbocycles. The Hall–Kier alpha value is -1.88. The molecule has 0 fully saturated rings. The highest BCUT2D eigenvalue weighted by atomic mass is 16.4.